The second-order valence-electron chi connectivity index (χ2n) is 20.3. The van der Waals surface area contributed by atoms with Crippen LogP contribution in [0.1, 0.15) is 139 Å². The number of Topliss-reactive ketones (excluding diaryl/α,β-unsaturated/α-hetero) is 2. The van der Waals surface area contributed by atoms with Crippen molar-refractivity contribution in [3.8, 4) is 0 Å². The third-order valence-corrected chi connectivity index (χ3v) is 16.6. The Morgan fingerprint density at radius 3 is 2.25 bits per heavy atom. The number of aliphatic carboxylic acids is 1. The van der Waals surface area contributed by atoms with Crippen molar-refractivity contribution in [3.63, 3.8) is 0 Å². The summed E-state index contributed by atoms with van der Waals surface area (Å²) in [6.45, 7) is 20.3. The van der Waals surface area contributed by atoms with E-state index >= 15 is 0 Å². The van der Waals surface area contributed by atoms with Gasteiger partial charge in [-0.25, -0.2) is 0 Å². The van der Waals surface area contributed by atoms with Gasteiger partial charge in [0.05, 0.1) is 11.5 Å². The molecule has 0 bridgehead atoms. The SMILES string of the molecule is CC(C)C1=C2C3CCC4C(C)(CCC5C(C)(C)C(CC(=O)C6CC(C(=O)O)C6C)CCC54C)C3CCC2(CC(=O)NCC(C)(C)NC=O)CC1=O. The molecule has 6 aliphatic rings. The van der Waals surface area contributed by atoms with Gasteiger partial charge < -0.3 is 15.7 Å². The van der Waals surface area contributed by atoms with Crippen molar-refractivity contribution < 1.29 is 29.1 Å². The molecule has 8 nitrogen and oxygen atoms in total. The summed E-state index contributed by atoms with van der Waals surface area (Å²) in [6, 6.07) is 0. The molecule has 51 heavy (non-hydrogen) atoms. The quantitative estimate of drug-likeness (QED) is 0.191. The lowest BCUT2D eigenvalue weighted by molar-refractivity contribution is -0.193. The highest BCUT2D eigenvalue weighted by molar-refractivity contribution is 6.01. The maximum atomic E-state index is 13.9. The Morgan fingerprint density at radius 2 is 1.63 bits per heavy atom. The Kier molecular flexibility index (Phi) is 9.82. The molecule has 3 N–H and O–H groups in total. The highest BCUT2D eigenvalue weighted by Gasteiger charge is 2.66. The minimum Gasteiger partial charge on any atom is -0.481 e. The zero-order chi connectivity index (χ0) is 37.5. The molecule has 6 rings (SSSR count). The summed E-state index contributed by atoms with van der Waals surface area (Å²) in [5.41, 5.74) is 1.72. The second-order valence-corrected chi connectivity index (χ2v) is 20.3. The zero-order valence-corrected chi connectivity index (χ0v) is 33.0. The van der Waals surface area contributed by atoms with Crippen molar-refractivity contribution in [2.24, 2.45) is 74.9 Å². The Bertz CT molecular complexity index is 1490. The summed E-state index contributed by atoms with van der Waals surface area (Å²) in [6.07, 6.45) is 11.1. The first-order valence-corrected chi connectivity index (χ1v) is 20.2. The van der Waals surface area contributed by atoms with Crippen molar-refractivity contribution in [1.29, 1.82) is 0 Å². The molecule has 0 aromatic heterocycles. The van der Waals surface area contributed by atoms with Crippen molar-refractivity contribution in [3.05, 3.63) is 11.1 Å². The van der Waals surface area contributed by atoms with Gasteiger partial charge in [0.2, 0.25) is 12.3 Å². The fourth-order valence-corrected chi connectivity index (χ4v) is 13.9. The van der Waals surface area contributed by atoms with E-state index in [4.69, 9.17) is 0 Å². The third kappa shape index (κ3) is 6.14. The molecular formula is C43H66N2O6. The Hall–Kier alpha value is -2.51. The summed E-state index contributed by atoms with van der Waals surface area (Å²) >= 11 is 0. The maximum absolute atomic E-state index is 13.9. The molecule has 0 saturated heterocycles. The highest BCUT2D eigenvalue weighted by atomic mass is 16.4. The van der Waals surface area contributed by atoms with E-state index in [1.54, 1.807) is 0 Å². The summed E-state index contributed by atoms with van der Waals surface area (Å²) in [5, 5.41) is 15.4. The van der Waals surface area contributed by atoms with E-state index in [2.05, 4.69) is 52.2 Å². The minimum atomic E-state index is -0.769. The predicted molar refractivity (Wildman–Crippen MR) is 197 cm³/mol. The molecule has 11 unspecified atom stereocenters. The molecule has 6 aliphatic carbocycles. The number of rotatable bonds is 11. The molecule has 11 atom stereocenters. The van der Waals surface area contributed by atoms with Crippen LogP contribution >= 0.6 is 0 Å². The first-order chi connectivity index (χ1) is 23.7. The third-order valence-electron chi connectivity index (χ3n) is 16.6. The minimum absolute atomic E-state index is 0.0239. The Balaban J connectivity index is 1.22. The lowest BCUT2D eigenvalue weighted by Crippen LogP contribution is -2.62. The zero-order valence-electron chi connectivity index (χ0n) is 33.0. The average Bonchev–Trinajstić information content (AvgIpc) is 3.32. The van der Waals surface area contributed by atoms with Crippen LogP contribution in [0.3, 0.4) is 0 Å². The van der Waals surface area contributed by atoms with Gasteiger partial charge in [0, 0.05) is 37.1 Å². The summed E-state index contributed by atoms with van der Waals surface area (Å²) in [5.74, 6) is 1.52. The molecule has 0 radical (unpaired) electrons. The number of fused-ring (bicyclic) bond motifs is 7. The second kappa shape index (κ2) is 13.1. The van der Waals surface area contributed by atoms with Gasteiger partial charge in [0.15, 0.2) is 5.78 Å². The first kappa shape index (κ1) is 38.2. The Morgan fingerprint density at radius 1 is 0.941 bits per heavy atom. The van der Waals surface area contributed by atoms with E-state index in [1.807, 2.05) is 20.8 Å². The fourth-order valence-electron chi connectivity index (χ4n) is 13.9. The lowest BCUT2D eigenvalue weighted by Gasteiger charge is -2.69. The molecule has 284 valence electrons. The number of carboxylic acid groups (broad SMARTS) is 1. The van der Waals surface area contributed by atoms with Crippen LogP contribution in [0.4, 0.5) is 0 Å². The molecule has 8 heteroatoms. The van der Waals surface area contributed by atoms with Crippen LogP contribution < -0.4 is 10.6 Å². The fraction of sp³-hybridized carbons (Fsp3) is 0.837. The molecule has 0 aliphatic heterocycles. The standard InChI is InChI=1S/C43H66N2O6/c1-24(2)36-32(48)20-43(21-35(49)44-22-39(4,5)45-23-46)17-13-30-27(37(36)43)10-11-34-41(30,8)16-14-33-40(6,7)26(12-15-42(33,34)9)18-31(47)28-19-29(25(28)3)38(50)51/h23-30,33-34H,10-22H2,1-9H3,(H,44,49)(H,45,46)(H,50,51). The van der Waals surface area contributed by atoms with Crippen molar-refractivity contribution in [2.45, 2.75) is 145 Å². The number of ketones is 2. The van der Waals surface area contributed by atoms with Gasteiger partial charge in [-0.1, -0.05) is 54.0 Å². The molecule has 5 fully saturated rings. The summed E-state index contributed by atoms with van der Waals surface area (Å²) in [7, 11) is 0. The number of carbonyl (C=O) groups is 5. The van der Waals surface area contributed by atoms with Crippen LogP contribution in [0.15, 0.2) is 11.1 Å². The van der Waals surface area contributed by atoms with Crippen LogP contribution in [0.5, 0.6) is 0 Å². The van der Waals surface area contributed by atoms with E-state index in [0.717, 1.165) is 56.9 Å². The maximum Gasteiger partial charge on any atom is 0.306 e. The normalized spacial score (nSPS) is 41.4. The molecular weight excluding hydrogens is 640 g/mol. The van der Waals surface area contributed by atoms with Crippen LogP contribution in [0.25, 0.3) is 0 Å². The van der Waals surface area contributed by atoms with E-state index in [1.165, 1.54) is 5.57 Å². The van der Waals surface area contributed by atoms with Gasteiger partial charge in [-0.15, -0.1) is 0 Å². The van der Waals surface area contributed by atoms with Gasteiger partial charge in [-0.3, -0.25) is 24.0 Å². The van der Waals surface area contributed by atoms with Crippen LogP contribution in [-0.4, -0.2) is 47.0 Å². The van der Waals surface area contributed by atoms with Crippen LogP contribution in [-0.2, 0) is 24.0 Å². The first-order valence-electron chi connectivity index (χ1n) is 20.2. The largest absolute Gasteiger partial charge is 0.481 e. The van der Waals surface area contributed by atoms with Crippen molar-refractivity contribution >= 4 is 29.9 Å². The molecule has 0 aromatic carbocycles. The number of hydrogen-bond acceptors (Lipinski definition) is 5. The van der Waals surface area contributed by atoms with Gasteiger partial charge in [-0.2, -0.15) is 0 Å². The number of hydrogen-bond donors (Lipinski definition) is 3. The summed E-state index contributed by atoms with van der Waals surface area (Å²) in [4.78, 5) is 63.7. The number of amides is 2. The number of carboxylic acids is 1. The molecule has 2 amide bonds. The lowest BCUT2D eigenvalue weighted by atomic mass is 9.35. The number of allylic oxidation sites excluding steroid dienone is 2. The number of carbonyl (C=O) groups excluding carboxylic acids is 4. The topological polar surface area (TPSA) is 130 Å². The molecule has 0 heterocycles. The number of nitrogens with one attached hydrogen (secondary N) is 2. The monoisotopic (exact) mass is 706 g/mol. The van der Waals surface area contributed by atoms with Gasteiger partial charge >= 0.3 is 5.97 Å². The van der Waals surface area contributed by atoms with Gasteiger partial charge in [-0.05, 0) is 135 Å². The molecule has 0 spiro atoms. The van der Waals surface area contributed by atoms with Crippen LogP contribution in [0, 0.1) is 74.9 Å². The average molecular weight is 707 g/mol. The van der Waals surface area contributed by atoms with E-state index in [0.29, 0.717) is 68.2 Å². The van der Waals surface area contributed by atoms with Crippen LogP contribution in [0.2, 0.25) is 0 Å². The van der Waals surface area contributed by atoms with E-state index in [-0.39, 0.29) is 57.4 Å². The highest BCUT2D eigenvalue weighted by Crippen LogP contribution is 2.74. The predicted octanol–water partition coefficient (Wildman–Crippen LogP) is 7.54. The molecule has 0 aromatic rings. The van der Waals surface area contributed by atoms with Gasteiger partial charge in [0.25, 0.3) is 0 Å². The molecule has 5 saturated carbocycles. The van der Waals surface area contributed by atoms with E-state index < -0.39 is 16.9 Å². The van der Waals surface area contributed by atoms with Gasteiger partial charge in [0.1, 0.15) is 5.78 Å². The summed E-state index contributed by atoms with van der Waals surface area (Å²) < 4.78 is 0. The van der Waals surface area contributed by atoms with Crippen molar-refractivity contribution in [2.75, 3.05) is 6.54 Å². The van der Waals surface area contributed by atoms with E-state index in [9.17, 15) is 29.1 Å². The van der Waals surface area contributed by atoms with Crippen molar-refractivity contribution in [1.82, 2.24) is 10.6 Å². The Labute approximate surface area is 306 Å². The smallest absolute Gasteiger partial charge is 0.306 e.